The summed E-state index contributed by atoms with van der Waals surface area (Å²) in [6.07, 6.45) is 1.53. The van der Waals surface area contributed by atoms with E-state index >= 15 is 0 Å². The van der Waals surface area contributed by atoms with Crippen molar-refractivity contribution in [2.45, 2.75) is 13.8 Å². The fraction of sp³-hybridized carbons (Fsp3) is 0.176. The number of nitrogens with zero attached hydrogens (tertiary/aromatic N) is 2. The summed E-state index contributed by atoms with van der Waals surface area (Å²) in [5, 5.41) is 14.8. The Kier molecular flexibility index (Phi) is 5.62. The summed E-state index contributed by atoms with van der Waals surface area (Å²) in [4.78, 5) is 22.2. The standard InChI is InChI=1S/C17H17N3O4/c1-12-7-8-16(15(9-12)20(22)23)24-11-17(21)19-18-10-14-6-4-3-5-13(14)2/h3-10H,11H2,1-2H3,(H,19,21)/b18-10+. The van der Waals surface area contributed by atoms with Crippen molar-refractivity contribution in [3.05, 3.63) is 69.3 Å². The summed E-state index contributed by atoms with van der Waals surface area (Å²) >= 11 is 0. The predicted octanol–water partition coefficient (Wildman–Crippen LogP) is 2.74. The first kappa shape index (κ1) is 17.1. The normalized spacial score (nSPS) is 10.6. The van der Waals surface area contributed by atoms with Crippen LogP contribution in [0, 0.1) is 24.0 Å². The van der Waals surface area contributed by atoms with Gasteiger partial charge in [-0.2, -0.15) is 5.10 Å². The number of nitro benzene ring substituents is 1. The van der Waals surface area contributed by atoms with E-state index in [0.717, 1.165) is 16.7 Å². The van der Waals surface area contributed by atoms with Crippen LogP contribution in [0.25, 0.3) is 0 Å². The van der Waals surface area contributed by atoms with Crippen LogP contribution >= 0.6 is 0 Å². The molecule has 2 rings (SSSR count). The maximum absolute atomic E-state index is 11.7. The molecule has 0 saturated heterocycles. The van der Waals surface area contributed by atoms with Crippen LogP contribution in [0.5, 0.6) is 5.75 Å². The van der Waals surface area contributed by atoms with Crippen LogP contribution in [-0.4, -0.2) is 23.7 Å². The second kappa shape index (κ2) is 7.87. The molecule has 0 saturated carbocycles. The fourth-order valence-electron chi connectivity index (χ4n) is 1.97. The minimum absolute atomic E-state index is 0.0450. The molecule has 124 valence electrons. The van der Waals surface area contributed by atoms with Gasteiger partial charge in [-0.1, -0.05) is 30.3 Å². The van der Waals surface area contributed by atoms with E-state index in [1.165, 1.54) is 18.3 Å². The Hall–Kier alpha value is -3.22. The molecule has 1 N–H and O–H groups in total. The van der Waals surface area contributed by atoms with Crippen molar-refractivity contribution in [3.63, 3.8) is 0 Å². The van der Waals surface area contributed by atoms with Gasteiger partial charge in [-0.15, -0.1) is 0 Å². The highest BCUT2D eigenvalue weighted by atomic mass is 16.6. The van der Waals surface area contributed by atoms with Crippen molar-refractivity contribution in [2.24, 2.45) is 5.10 Å². The number of hydrogen-bond donors (Lipinski definition) is 1. The third kappa shape index (κ3) is 4.64. The molecule has 0 aliphatic rings. The number of aryl methyl sites for hydroxylation is 2. The number of ether oxygens (including phenoxy) is 1. The lowest BCUT2D eigenvalue weighted by atomic mass is 10.1. The summed E-state index contributed by atoms with van der Waals surface area (Å²) in [5.41, 5.74) is 4.80. The Morgan fingerprint density at radius 1 is 1.29 bits per heavy atom. The number of nitro groups is 1. The summed E-state index contributed by atoms with van der Waals surface area (Å²) < 4.78 is 5.21. The second-order valence-corrected chi connectivity index (χ2v) is 5.17. The highest BCUT2D eigenvalue weighted by Crippen LogP contribution is 2.27. The number of rotatable bonds is 6. The Bertz CT molecular complexity index is 787. The number of carbonyl (C=O) groups is 1. The minimum atomic E-state index is -0.545. The van der Waals surface area contributed by atoms with Gasteiger partial charge >= 0.3 is 5.69 Å². The lowest BCUT2D eigenvalue weighted by Crippen LogP contribution is -2.24. The van der Waals surface area contributed by atoms with Crippen molar-refractivity contribution in [3.8, 4) is 5.75 Å². The van der Waals surface area contributed by atoms with Crippen LogP contribution in [0.4, 0.5) is 5.69 Å². The van der Waals surface area contributed by atoms with Crippen LogP contribution in [0.2, 0.25) is 0 Å². The molecule has 2 aromatic carbocycles. The van der Waals surface area contributed by atoms with Crippen molar-refractivity contribution in [1.82, 2.24) is 5.43 Å². The molecule has 0 atom stereocenters. The van der Waals surface area contributed by atoms with Gasteiger partial charge in [0.05, 0.1) is 11.1 Å². The predicted molar refractivity (Wildman–Crippen MR) is 90.2 cm³/mol. The third-order valence-corrected chi connectivity index (χ3v) is 3.25. The summed E-state index contributed by atoms with van der Waals surface area (Å²) in [6.45, 7) is 3.31. The van der Waals surface area contributed by atoms with E-state index in [4.69, 9.17) is 4.74 Å². The van der Waals surface area contributed by atoms with Crippen LogP contribution in [0.1, 0.15) is 16.7 Å². The van der Waals surface area contributed by atoms with E-state index in [1.807, 2.05) is 31.2 Å². The first-order chi connectivity index (χ1) is 11.5. The van der Waals surface area contributed by atoms with Crippen molar-refractivity contribution in [2.75, 3.05) is 6.61 Å². The summed E-state index contributed by atoms with van der Waals surface area (Å²) in [6, 6.07) is 12.1. The molecule has 0 spiro atoms. The molecule has 1 amide bonds. The second-order valence-electron chi connectivity index (χ2n) is 5.17. The van der Waals surface area contributed by atoms with Gasteiger partial charge in [0.2, 0.25) is 0 Å². The Morgan fingerprint density at radius 3 is 2.75 bits per heavy atom. The van der Waals surface area contributed by atoms with E-state index < -0.39 is 10.8 Å². The number of nitrogens with one attached hydrogen (secondary N) is 1. The number of amides is 1. The smallest absolute Gasteiger partial charge is 0.311 e. The summed E-state index contributed by atoms with van der Waals surface area (Å²) in [5.74, 6) is -0.460. The average Bonchev–Trinajstić information content (AvgIpc) is 2.55. The van der Waals surface area contributed by atoms with Gasteiger partial charge in [0, 0.05) is 6.07 Å². The molecule has 7 heteroatoms. The highest BCUT2D eigenvalue weighted by molar-refractivity contribution is 5.84. The molecule has 0 heterocycles. The van der Waals surface area contributed by atoms with Gasteiger partial charge in [0.15, 0.2) is 12.4 Å². The first-order valence-corrected chi connectivity index (χ1v) is 7.23. The van der Waals surface area contributed by atoms with Crippen molar-refractivity contribution < 1.29 is 14.5 Å². The Balaban J connectivity index is 1.92. The number of benzene rings is 2. The molecule has 7 nitrogen and oxygen atoms in total. The van der Waals surface area contributed by atoms with Gasteiger partial charge < -0.3 is 4.74 Å². The highest BCUT2D eigenvalue weighted by Gasteiger charge is 2.16. The molecule has 0 radical (unpaired) electrons. The molecule has 0 fully saturated rings. The van der Waals surface area contributed by atoms with Gasteiger partial charge in [-0.25, -0.2) is 5.43 Å². The van der Waals surface area contributed by atoms with E-state index in [0.29, 0.717) is 0 Å². The number of hydrogen-bond acceptors (Lipinski definition) is 5. The quantitative estimate of drug-likeness (QED) is 0.501. The van der Waals surface area contributed by atoms with Crippen LogP contribution in [-0.2, 0) is 4.79 Å². The Morgan fingerprint density at radius 2 is 2.04 bits per heavy atom. The summed E-state index contributed by atoms with van der Waals surface area (Å²) in [7, 11) is 0. The zero-order valence-corrected chi connectivity index (χ0v) is 13.4. The van der Waals surface area contributed by atoms with Crippen LogP contribution < -0.4 is 10.2 Å². The first-order valence-electron chi connectivity index (χ1n) is 7.23. The fourth-order valence-corrected chi connectivity index (χ4v) is 1.97. The molecule has 24 heavy (non-hydrogen) atoms. The molecule has 0 aromatic heterocycles. The molecule has 0 aliphatic heterocycles. The SMILES string of the molecule is Cc1ccc(OCC(=O)N/N=C/c2ccccc2C)c([N+](=O)[O-])c1. The van der Waals surface area contributed by atoms with E-state index in [1.54, 1.807) is 13.0 Å². The van der Waals surface area contributed by atoms with E-state index in [-0.39, 0.29) is 18.0 Å². The van der Waals surface area contributed by atoms with Crippen LogP contribution in [0.3, 0.4) is 0 Å². The lowest BCUT2D eigenvalue weighted by Gasteiger charge is -2.06. The maximum atomic E-state index is 11.7. The zero-order valence-electron chi connectivity index (χ0n) is 13.4. The van der Waals surface area contributed by atoms with Gasteiger partial charge in [0.25, 0.3) is 5.91 Å². The molecule has 0 unspecified atom stereocenters. The lowest BCUT2D eigenvalue weighted by molar-refractivity contribution is -0.385. The van der Waals surface area contributed by atoms with Crippen molar-refractivity contribution >= 4 is 17.8 Å². The van der Waals surface area contributed by atoms with Crippen LogP contribution in [0.15, 0.2) is 47.6 Å². The number of carbonyl (C=O) groups excluding carboxylic acids is 1. The maximum Gasteiger partial charge on any atom is 0.311 e. The minimum Gasteiger partial charge on any atom is -0.477 e. The molecule has 2 aromatic rings. The molecular formula is C17H17N3O4. The van der Waals surface area contributed by atoms with Crippen molar-refractivity contribution in [1.29, 1.82) is 0 Å². The monoisotopic (exact) mass is 327 g/mol. The zero-order chi connectivity index (χ0) is 17.5. The van der Waals surface area contributed by atoms with Gasteiger partial charge in [0.1, 0.15) is 0 Å². The molecular weight excluding hydrogens is 310 g/mol. The largest absolute Gasteiger partial charge is 0.477 e. The van der Waals surface area contributed by atoms with E-state index in [2.05, 4.69) is 10.5 Å². The van der Waals surface area contributed by atoms with Gasteiger partial charge in [-0.3, -0.25) is 14.9 Å². The molecule has 0 bridgehead atoms. The third-order valence-electron chi connectivity index (χ3n) is 3.25. The topological polar surface area (TPSA) is 93.8 Å². The molecule has 0 aliphatic carbocycles. The Labute approximate surface area is 139 Å². The average molecular weight is 327 g/mol. The van der Waals surface area contributed by atoms with E-state index in [9.17, 15) is 14.9 Å². The number of hydrazone groups is 1. The van der Waals surface area contributed by atoms with Gasteiger partial charge in [-0.05, 0) is 36.6 Å².